The highest BCUT2D eigenvalue weighted by molar-refractivity contribution is 6.00. The molecule has 0 N–H and O–H groups in total. The van der Waals surface area contributed by atoms with Crippen LogP contribution in [0.25, 0.3) is 0 Å². The lowest BCUT2D eigenvalue weighted by Crippen LogP contribution is -2.49. The summed E-state index contributed by atoms with van der Waals surface area (Å²) in [5.74, 6) is -0.817. The van der Waals surface area contributed by atoms with Crippen LogP contribution in [0, 0.1) is 5.82 Å². The number of hydrogen-bond donors (Lipinski definition) is 0. The number of piperazine rings is 1. The van der Waals surface area contributed by atoms with Crippen LogP contribution in [0.5, 0.6) is 0 Å². The van der Waals surface area contributed by atoms with Gasteiger partial charge in [0, 0.05) is 26.2 Å². The van der Waals surface area contributed by atoms with Crippen molar-refractivity contribution in [3.8, 4) is 0 Å². The van der Waals surface area contributed by atoms with E-state index in [4.69, 9.17) is 4.74 Å². The van der Waals surface area contributed by atoms with Crippen molar-refractivity contribution in [1.82, 2.24) is 4.90 Å². The summed E-state index contributed by atoms with van der Waals surface area (Å²) < 4.78 is 19.3. The normalized spacial score (nSPS) is 14.2. The lowest BCUT2D eigenvalue weighted by molar-refractivity contribution is 0.0938. The van der Waals surface area contributed by atoms with Crippen molar-refractivity contribution in [2.45, 2.75) is 13.5 Å². The molecule has 26 heavy (non-hydrogen) atoms. The molecule has 136 valence electrons. The molecule has 6 heteroatoms. The first-order valence-corrected chi connectivity index (χ1v) is 8.56. The van der Waals surface area contributed by atoms with Crippen molar-refractivity contribution in [3.63, 3.8) is 0 Å². The van der Waals surface area contributed by atoms with Crippen LogP contribution in [0.15, 0.2) is 48.5 Å². The summed E-state index contributed by atoms with van der Waals surface area (Å²) in [5.41, 5.74) is 1.62. The van der Waals surface area contributed by atoms with Gasteiger partial charge < -0.3 is 14.5 Å². The molecule has 5 nitrogen and oxygen atoms in total. The second-order valence-corrected chi connectivity index (χ2v) is 6.20. The third-order valence-corrected chi connectivity index (χ3v) is 4.43. The minimum atomic E-state index is -0.514. The van der Waals surface area contributed by atoms with E-state index in [-0.39, 0.29) is 24.0 Å². The zero-order valence-electron chi connectivity index (χ0n) is 14.7. The molecule has 0 radical (unpaired) electrons. The van der Waals surface area contributed by atoms with Crippen molar-refractivity contribution in [1.29, 1.82) is 0 Å². The van der Waals surface area contributed by atoms with Crippen LogP contribution < -0.4 is 4.90 Å². The molecular formula is C20H21FN2O3. The van der Waals surface area contributed by atoms with Crippen LogP contribution in [-0.4, -0.2) is 43.0 Å². The lowest BCUT2D eigenvalue weighted by Gasteiger charge is -2.36. The summed E-state index contributed by atoms with van der Waals surface area (Å²) in [5, 5.41) is 0. The Labute approximate surface area is 152 Å². The van der Waals surface area contributed by atoms with Gasteiger partial charge in [-0.1, -0.05) is 36.4 Å². The number of carbonyl (C=O) groups is 2. The molecular weight excluding hydrogens is 335 g/mol. The van der Waals surface area contributed by atoms with Crippen molar-refractivity contribution >= 4 is 17.6 Å². The number of ether oxygens (including phenoxy) is 1. The molecule has 0 spiro atoms. The fourth-order valence-electron chi connectivity index (χ4n) is 3.07. The average molecular weight is 356 g/mol. The van der Waals surface area contributed by atoms with Gasteiger partial charge in [-0.15, -0.1) is 0 Å². The van der Waals surface area contributed by atoms with Gasteiger partial charge >= 0.3 is 6.09 Å². The molecule has 2 aromatic carbocycles. The van der Waals surface area contributed by atoms with E-state index in [1.165, 1.54) is 13.0 Å². The Balaban J connectivity index is 1.58. The maximum absolute atomic E-state index is 14.0. The first-order chi connectivity index (χ1) is 12.6. The number of nitrogens with zero attached hydrogens (tertiary/aromatic N) is 2. The Hall–Kier alpha value is -2.89. The molecule has 1 aliphatic rings. The number of rotatable bonds is 4. The van der Waals surface area contributed by atoms with E-state index in [0.29, 0.717) is 31.9 Å². The van der Waals surface area contributed by atoms with Crippen LogP contribution in [0.2, 0.25) is 0 Å². The standard InChI is InChI=1S/C20H21FN2O3/c1-15(24)19-17(21)8-5-9-18(19)22-10-12-23(13-11-22)20(25)26-14-16-6-3-2-4-7-16/h2-9H,10-14H2,1H3. The molecule has 1 fully saturated rings. The Morgan fingerprint density at radius 2 is 1.69 bits per heavy atom. The number of anilines is 1. The Kier molecular flexibility index (Phi) is 5.51. The molecule has 2 aromatic rings. The van der Waals surface area contributed by atoms with E-state index in [2.05, 4.69) is 0 Å². The van der Waals surface area contributed by atoms with Gasteiger partial charge in [-0.2, -0.15) is 0 Å². The predicted molar refractivity (Wildman–Crippen MR) is 96.8 cm³/mol. The van der Waals surface area contributed by atoms with Gasteiger partial charge in [0.2, 0.25) is 0 Å². The minimum Gasteiger partial charge on any atom is -0.445 e. The molecule has 1 saturated heterocycles. The van der Waals surface area contributed by atoms with Gasteiger partial charge in [-0.25, -0.2) is 9.18 Å². The summed E-state index contributed by atoms with van der Waals surface area (Å²) in [6, 6.07) is 14.1. The Bertz CT molecular complexity index is 787. The summed E-state index contributed by atoms with van der Waals surface area (Å²) in [4.78, 5) is 27.5. The molecule has 0 atom stereocenters. The predicted octanol–water partition coefficient (Wildman–Crippen LogP) is 3.49. The first kappa shape index (κ1) is 17.9. The largest absolute Gasteiger partial charge is 0.445 e. The fourth-order valence-corrected chi connectivity index (χ4v) is 3.07. The third kappa shape index (κ3) is 4.02. The van der Waals surface area contributed by atoms with E-state index in [9.17, 15) is 14.0 Å². The Morgan fingerprint density at radius 1 is 1.00 bits per heavy atom. The highest BCUT2D eigenvalue weighted by atomic mass is 19.1. The number of ketones is 1. The van der Waals surface area contributed by atoms with E-state index >= 15 is 0 Å². The highest BCUT2D eigenvalue weighted by Gasteiger charge is 2.25. The molecule has 0 bridgehead atoms. The van der Waals surface area contributed by atoms with Crippen molar-refractivity contribution in [2.75, 3.05) is 31.1 Å². The number of carbonyl (C=O) groups excluding carboxylic acids is 2. The van der Waals surface area contributed by atoms with E-state index in [1.54, 1.807) is 17.0 Å². The highest BCUT2D eigenvalue weighted by Crippen LogP contribution is 2.25. The first-order valence-electron chi connectivity index (χ1n) is 8.56. The maximum atomic E-state index is 14.0. The van der Waals surface area contributed by atoms with Crippen LogP contribution in [0.4, 0.5) is 14.9 Å². The molecule has 0 unspecified atom stereocenters. The van der Waals surface area contributed by atoms with Crippen LogP contribution >= 0.6 is 0 Å². The van der Waals surface area contributed by atoms with Crippen molar-refractivity contribution < 1.29 is 18.7 Å². The quantitative estimate of drug-likeness (QED) is 0.787. The maximum Gasteiger partial charge on any atom is 0.410 e. The van der Waals surface area contributed by atoms with Gasteiger partial charge in [-0.3, -0.25) is 4.79 Å². The zero-order valence-corrected chi connectivity index (χ0v) is 14.7. The second-order valence-electron chi connectivity index (χ2n) is 6.20. The number of halogens is 1. The molecule has 1 aliphatic heterocycles. The summed E-state index contributed by atoms with van der Waals surface area (Å²) in [7, 11) is 0. The zero-order chi connectivity index (χ0) is 18.5. The Morgan fingerprint density at radius 3 is 2.35 bits per heavy atom. The third-order valence-electron chi connectivity index (χ3n) is 4.43. The number of amides is 1. The molecule has 0 aromatic heterocycles. The topological polar surface area (TPSA) is 49.9 Å². The molecule has 0 saturated carbocycles. The fraction of sp³-hybridized carbons (Fsp3) is 0.300. The van der Waals surface area contributed by atoms with Gasteiger partial charge in [0.05, 0.1) is 11.3 Å². The lowest BCUT2D eigenvalue weighted by atomic mass is 10.1. The van der Waals surface area contributed by atoms with Crippen LogP contribution in [0.3, 0.4) is 0 Å². The molecule has 1 heterocycles. The van der Waals surface area contributed by atoms with Crippen LogP contribution in [-0.2, 0) is 11.3 Å². The smallest absolute Gasteiger partial charge is 0.410 e. The summed E-state index contributed by atoms with van der Waals surface area (Å²) in [6.07, 6.45) is -0.362. The van der Waals surface area contributed by atoms with Gasteiger partial charge in [0.1, 0.15) is 12.4 Å². The number of hydrogen-bond acceptors (Lipinski definition) is 4. The van der Waals surface area contributed by atoms with E-state index < -0.39 is 5.82 Å². The molecule has 1 amide bonds. The van der Waals surface area contributed by atoms with Crippen molar-refractivity contribution in [3.05, 3.63) is 65.5 Å². The van der Waals surface area contributed by atoms with E-state index in [0.717, 1.165) is 5.56 Å². The van der Waals surface area contributed by atoms with Gasteiger partial charge in [-0.05, 0) is 24.6 Å². The number of benzene rings is 2. The summed E-state index contributed by atoms with van der Waals surface area (Å²) in [6.45, 7) is 3.55. The number of Topliss-reactive ketones (excluding diaryl/α,β-unsaturated/α-hetero) is 1. The van der Waals surface area contributed by atoms with Gasteiger partial charge in [0.25, 0.3) is 0 Å². The SMILES string of the molecule is CC(=O)c1c(F)cccc1N1CCN(C(=O)OCc2ccccc2)CC1. The van der Waals surface area contributed by atoms with Crippen LogP contribution in [0.1, 0.15) is 22.8 Å². The monoisotopic (exact) mass is 356 g/mol. The second kappa shape index (κ2) is 7.99. The molecule has 0 aliphatic carbocycles. The van der Waals surface area contributed by atoms with Crippen molar-refractivity contribution in [2.24, 2.45) is 0 Å². The molecule has 3 rings (SSSR count). The van der Waals surface area contributed by atoms with Gasteiger partial charge in [0.15, 0.2) is 5.78 Å². The average Bonchev–Trinajstić information content (AvgIpc) is 2.66. The van der Waals surface area contributed by atoms with E-state index in [1.807, 2.05) is 35.2 Å². The minimum absolute atomic E-state index is 0.104. The summed E-state index contributed by atoms with van der Waals surface area (Å²) >= 11 is 0.